The van der Waals surface area contributed by atoms with Crippen LogP contribution in [-0.4, -0.2) is 35.7 Å². The van der Waals surface area contributed by atoms with E-state index < -0.39 is 0 Å². The molecule has 0 bridgehead atoms. The molecule has 0 spiro atoms. The van der Waals surface area contributed by atoms with Gasteiger partial charge in [-0.05, 0) is 42.5 Å². The van der Waals surface area contributed by atoms with Gasteiger partial charge in [-0.15, -0.1) is 0 Å². The fraction of sp³-hybridized carbons (Fsp3) is 0.200. The van der Waals surface area contributed by atoms with Gasteiger partial charge in [-0.3, -0.25) is 4.79 Å². The van der Waals surface area contributed by atoms with Crippen molar-refractivity contribution in [3.8, 4) is 11.5 Å². The van der Waals surface area contributed by atoms with Crippen LogP contribution in [0.1, 0.15) is 16.2 Å². The van der Waals surface area contributed by atoms with Crippen LogP contribution in [0.25, 0.3) is 11.0 Å². The monoisotopic (exact) mass is 449 g/mol. The number of aromatic nitrogens is 2. The quantitative estimate of drug-likeness (QED) is 0.400. The summed E-state index contributed by atoms with van der Waals surface area (Å²) in [7, 11) is 1.58. The first-order valence-electron chi connectivity index (χ1n) is 10.4. The molecule has 0 saturated carbocycles. The number of halogens is 1. The molecule has 1 N–H and O–H groups in total. The van der Waals surface area contributed by atoms with E-state index in [4.69, 9.17) is 26.1 Å². The molecule has 7 heteroatoms. The van der Waals surface area contributed by atoms with Crippen molar-refractivity contribution < 1.29 is 14.3 Å². The average Bonchev–Trinajstić information content (AvgIpc) is 3.17. The topological polar surface area (TPSA) is 65.4 Å². The Morgan fingerprint density at radius 3 is 2.72 bits per heavy atom. The number of carbonyl (C=O) groups is 1. The molecule has 4 rings (SSSR count). The predicted octanol–water partition coefficient (Wildman–Crippen LogP) is 4.75. The Bertz CT molecular complexity index is 1220. The average molecular weight is 450 g/mol. The Balaban J connectivity index is 1.42. The highest BCUT2D eigenvalue weighted by atomic mass is 35.5. The molecule has 0 fully saturated rings. The number of nitrogens with one attached hydrogen (secondary N) is 1. The van der Waals surface area contributed by atoms with Crippen molar-refractivity contribution in [2.45, 2.75) is 13.0 Å². The van der Waals surface area contributed by atoms with E-state index in [1.807, 2.05) is 48.5 Å². The van der Waals surface area contributed by atoms with Crippen molar-refractivity contribution in [2.24, 2.45) is 0 Å². The van der Waals surface area contributed by atoms with Gasteiger partial charge in [-0.1, -0.05) is 41.9 Å². The lowest BCUT2D eigenvalue weighted by Crippen LogP contribution is -2.26. The minimum absolute atomic E-state index is 0.145. The normalized spacial score (nSPS) is 10.8. The summed E-state index contributed by atoms with van der Waals surface area (Å²) in [4.78, 5) is 17.3. The molecule has 0 aliphatic rings. The number of fused-ring (bicyclic) bond motifs is 1. The summed E-state index contributed by atoms with van der Waals surface area (Å²) in [5.41, 5.74) is 2.51. The second-order valence-electron chi connectivity index (χ2n) is 7.19. The number of nitrogens with zero attached hydrogens (tertiary/aromatic N) is 2. The van der Waals surface area contributed by atoms with Gasteiger partial charge in [-0.25, -0.2) is 4.98 Å². The summed E-state index contributed by atoms with van der Waals surface area (Å²) in [5.74, 6) is 2.05. The maximum Gasteiger partial charge on any atom is 0.251 e. The Kier molecular flexibility index (Phi) is 6.92. The molecule has 32 heavy (non-hydrogen) atoms. The predicted molar refractivity (Wildman–Crippen MR) is 126 cm³/mol. The molecule has 164 valence electrons. The Morgan fingerprint density at radius 2 is 1.88 bits per heavy atom. The first kappa shape index (κ1) is 21.7. The molecule has 0 aliphatic heterocycles. The number of methoxy groups -OCH3 is 1. The third-order valence-electron chi connectivity index (χ3n) is 5.11. The van der Waals surface area contributed by atoms with E-state index in [2.05, 4.69) is 9.88 Å². The van der Waals surface area contributed by atoms with Crippen molar-refractivity contribution >= 4 is 28.5 Å². The Hall–Kier alpha value is -3.51. The molecule has 0 radical (unpaired) electrons. The second-order valence-corrected chi connectivity index (χ2v) is 7.59. The van der Waals surface area contributed by atoms with Crippen molar-refractivity contribution in [3.63, 3.8) is 0 Å². The first-order chi connectivity index (χ1) is 15.7. The van der Waals surface area contributed by atoms with Crippen LogP contribution in [0.15, 0.2) is 72.8 Å². The molecular formula is C25H24ClN3O3. The smallest absolute Gasteiger partial charge is 0.251 e. The zero-order valence-electron chi connectivity index (χ0n) is 17.8. The number of rotatable bonds is 9. The fourth-order valence-corrected chi connectivity index (χ4v) is 3.72. The van der Waals surface area contributed by atoms with E-state index in [9.17, 15) is 4.79 Å². The number of amides is 1. The van der Waals surface area contributed by atoms with Gasteiger partial charge < -0.3 is 19.4 Å². The number of hydrogen-bond donors (Lipinski definition) is 1. The SMILES string of the molecule is COc1cccc(C(=O)NCCc2nc3ccccc3n2CCOc2ccccc2Cl)c1. The molecule has 1 heterocycles. The minimum Gasteiger partial charge on any atom is -0.497 e. The van der Waals surface area contributed by atoms with Crippen LogP contribution in [0.5, 0.6) is 11.5 Å². The van der Waals surface area contributed by atoms with Gasteiger partial charge in [-0.2, -0.15) is 0 Å². The van der Waals surface area contributed by atoms with Crippen LogP contribution in [0.2, 0.25) is 5.02 Å². The van der Waals surface area contributed by atoms with E-state index in [0.29, 0.717) is 48.2 Å². The lowest BCUT2D eigenvalue weighted by Gasteiger charge is -2.12. The molecule has 4 aromatic rings. The summed E-state index contributed by atoms with van der Waals surface area (Å²) in [6, 6.07) is 22.5. The van der Waals surface area contributed by atoms with E-state index >= 15 is 0 Å². The number of ether oxygens (including phenoxy) is 2. The van der Waals surface area contributed by atoms with Crippen LogP contribution in [0, 0.1) is 0 Å². The van der Waals surface area contributed by atoms with E-state index in [1.165, 1.54) is 0 Å². The highest BCUT2D eigenvalue weighted by molar-refractivity contribution is 6.32. The largest absolute Gasteiger partial charge is 0.497 e. The zero-order chi connectivity index (χ0) is 22.3. The number of hydrogen-bond acceptors (Lipinski definition) is 4. The maximum absolute atomic E-state index is 12.5. The van der Waals surface area contributed by atoms with Gasteiger partial charge in [0.1, 0.15) is 23.9 Å². The second kappa shape index (κ2) is 10.2. The summed E-state index contributed by atoms with van der Waals surface area (Å²) in [6.45, 7) is 1.53. The van der Waals surface area contributed by atoms with Gasteiger partial charge >= 0.3 is 0 Å². The highest BCUT2D eigenvalue weighted by Crippen LogP contribution is 2.23. The summed E-state index contributed by atoms with van der Waals surface area (Å²) >= 11 is 6.19. The molecule has 1 aromatic heterocycles. The molecule has 6 nitrogen and oxygen atoms in total. The summed E-state index contributed by atoms with van der Waals surface area (Å²) in [6.07, 6.45) is 0.594. The summed E-state index contributed by atoms with van der Waals surface area (Å²) < 4.78 is 13.2. The fourth-order valence-electron chi connectivity index (χ4n) is 3.53. The minimum atomic E-state index is -0.145. The number of carbonyl (C=O) groups excluding carboxylic acids is 1. The zero-order valence-corrected chi connectivity index (χ0v) is 18.5. The van der Waals surface area contributed by atoms with Crippen LogP contribution >= 0.6 is 11.6 Å². The van der Waals surface area contributed by atoms with Gasteiger partial charge in [0.05, 0.1) is 29.7 Å². The Labute approximate surface area is 191 Å². The maximum atomic E-state index is 12.5. The van der Waals surface area contributed by atoms with Crippen LogP contribution in [0.3, 0.4) is 0 Å². The van der Waals surface area contributed by atoms with E-state index in [0.717, 1.165) is 16.9 Å². The molecule has 0 aliphatic carbocycles. The van der Waals surface area contributed by atoms with E-state index in [1.54, 1.807) is 31.4 Å². The molecule has 3 aromatic carbocycles. The van der Waals surface area contributed by atoms with Crippen molar-refractivity contribution in [3.05, 3.63) is 89.2 Å². The third-order valence-corrected chi connectivity index (χ3v) is 5.42. The molecule has 1 amide bonds. The van der Waals surface area contributed by atoms with Gasteiger partial charge in [0.2, 0.25) is 0 Å². The summed E-state index contributed by atoms with van der Waals surface area (Å²) in [5, 5.41) is 3.55. The number of para-hydroxylation sites is 3. The number of imidazole rings is 1. The van der Waals surface area contributed by atoms with Gasteiger partial charge in [0.15, 0.2) is 0 Å². The molecular weight excluding hydrogens is 426 g/mol. The molecule has 0 atom stereocenters. The molecule has 0 unspecified atom stereocenters. The standard InChI is InChI=1S/C25H24ClN3O3/c1-31-19-8-6-7-18(17-19)25(30)27-14-13-24-28-21-10-3-4-11-22(21)29(24)15-16-32-23-12-5-2-9-20(23)26/h2-12,17H,13-16H2,1H3,(H,27,30). The van der Waals surface area contributed by atoms with Crippen molar-refractivity contribution in [1.82, 2.24) is 14.9 Å². The first-order valence-corrected chi connectivity index (χ1v) is 10.8. The highest BCUT2D eigenvalue weighted by Gasteiger charge is 2.12. The molecule has 0 saturated heterocycles. The van der Waals surface area contributed by atoms with Crippen molar-refractivity contribution in [1.29, 1.82) is 0 Å². The van der Waals surface area contributed by atoms with E-state index in [-0.39, 0.29) is 5.91 Å². The van der Waals surface area contributed by atoms with Gasteiger partial charge in [0, 0.05) is 18.5 Å². The van der Waals surface area contributed by atoms with Crippen LogP contribution < -0.4 is 14.8 Å². The van der Waals surface area contributed by atoms with Gasteiger partial charge in [0.25, 0.3) is 5.91 Å². The lowest BCUT2D eigenvalue weighted by molar-refractivity contribution is 0.0953. The van der Waals surface area contributed by atoms with Crippen LogP contribution in [-0.2, 0) is 13.0 Å². The number of benzene rings is 3. The Morgan fingerprint density at radius 1 is 1.06 bits per heavy atom. The van der Waals surface area contributed by atoms with Crippen LogP contribution in [0.4, 0.5) is 0 Å². The third kappa shape index (κ3) is 5.03. The van der Waals surface area contributed by atoms with Crippen molar-refractivity contribution in [2.75, 3.05) is 20.3 Å². The lowest BCUT2D eigenvalue weighted by atomic mass is 10.2.